The first kappa shape index (κ1) is 6.23. The molecule has 0 spiro atoms. The van der Waals surface area contributed by atoms with E-state index in [4.69, 9.17) is 0 Å². The Bertz CT molecular complexity index is 44.9. The summed E-state index contributed by atoms with van der Waals surface area (Å²) in [4.78, 5) is 0. The molecular weight excluding hydrogens is 214 g/mol. The highest BCUT2D eigenvalue weighted by Gasteiger charge is 1.79. The lowest BCUT2D eigenvalue weighted by Gasteiger charge is -1.69. The molecule has 1 radical (unpaired) electrons. The van der Waals surface area contributed by atoms with Gasteiger partial charge >= 0.3 is 0 Å². The number of rotatable bonds is 1. The van der Waals surface area contributed by atoms with Crippen LogP contribution in [-0.4, -0.2) is 9.33 Å². The first-order chi connectivity index (χ1) is 2.27. The highest BCUT2D eigenvalue weighted by molar-refractivity contribution is 14.1. The molecule has 0 aliphatic carbocycles. The van der Waals surface area contributed by atoms with E-state index in [1.54, 1.807) is 6.56 Å². The van der Waals surface area contributed by atoms with Crippen LogP contribution in [0, 0.1) is 0 Å². The normalized spacial score (nSPS) is 6.80. The second-order valence-corrected chi connectivity index (χ2v) is 3.03. The molecule has 0 heterocycles. The predicted octanol–water partition coefficient (Wildman–Crippen LogP) is 1.26. The number of hydrogen-bond acceptors (Lipinski definition) is 2. The molecule has 0 N–H and O–H groups in total. The fourth-order valence-electron chi connectivity index (χ4n) is 0. The van der Waals surface area contributed by atoms with E-state index in [9.17, 15) is 0 Å². The maximum absolute atomic E-state index is 4.55. The smallest absolute Gasteiger partial charge is 0.226 e. The SMILES string of the molecule is S=C(I)[B]S. The zero-order valence-electron chi connectivity index (χ0n) is 2.31. The topological polar surface area (TPSA) is 0 Å². The van der Waals surface area contributed by atoms with Crippen LogP contribution in [0.5, 0.6) is 0 Å². The third-order valence-electron chi connectivity index (χ3n) is 0.101. The Hall–Kier alpha value is 1.23. The van der Waals surface area contributed by atoms with E-state index in [1.165, 1.54) is 0 Å². The van der Waals surface area contributed by atoms with E-state index in [2.05, 4.69) is 24.7 Å². The Morgan fingerprint density at radius 3 is 2.20 bits per heavy atom. The van der Waals surface area contributed by atoms with Crippen LogP contribution in [0.3, 0.4) is 0 Å². The molecular formula is CHBIS2. The quantitative estimate of drug-likeness (QED) is 0.226. The minimum absolute atomic E-state index is 0.797. The van der Waals surface area contributed by atoms with Crippen LogP contribution in [0.2, 0.25) is 0 Å². The minimum atomic E-state index is 0.797. The van der Waals surface area contributed by atoms with E-state index in [0.29, 0.717) is 0 Å². The Morgan fingerprint density at radius 1 is 2.00 bits per heavy atom. The third kappa shape index (κ3) is 5.23. The highest BCUT2D eigenvalue weighted by atomic mass is 127. The molecule has 0 bridgehead atoms. The lowest BCUT2D eigenvalue weighted by molar-refractivity contribution is 4.06. The van der Waals surface area contributed by atoms with Gasteiger partial charge in [-0.1, -0.05) is 12.2 Å². The van der Waals surface area contributed by atoms with E-state index in [1.807, 2.05) is 22.6 Å². The molecule has 4 heteroatoms. The van der Waals surface area contributed by atoms with Gasteiger partial charge in [0.1, 0.15) is 0 Å². The van der Waals surface area contributed by atoms with Gasteiger partial charge in [0.05, 0.1) is 0 Å². The van der Waals surface area contributed by atoms with Gasteiger partial charge in [0.15, 0.2) is 0 Å². The van der Waals surface area contributed by atoms with E-state index < -0.39 is 0 Å². The van der Waals surface area contributed by atoms with Crippen molar-refractivity contribution in [2.75, 3.05) is 0 Å². The second-order valence-electron chi connectivity index (χ2n) is 0.433. The van der Waals surface area contributed by atoms with Gasteiger partial charge in [-0.15, -0.1) is 0 Å². The lowest BCUT2D eigenvalue weighted by Crippen LogP contribution is -1.82. The molecule has 0 aromatic carbocycles. The Morgan fingerprint density at radius 2 is 2.20 bits per heavy atom. The summed E-state index contributed by atoms with van der Waals surface area (Å²) in [5.74, 6) is 0. The number of hydrogen-bond donors (Lipinski definition) is 1. The molecule has 0 amide bonds. The number of thiol groups is 1. The van der Waals surface area contributed by atoms with Crippen LogP contribution in [0.1, 0.15) is 0 Å². The molecule has 27 valence electrons. The number of thiocarbonyl (C=S) groups is 1. The predicted molar refractivity (Wildman–Crippen MR) is 41.4 cm³/mol. The summed E-state index contributed by atoms with van der Waals surface area (Å²) in [6.07, 6.45) is 0. The first-order valence-electron chi connectivity index (χ1n) is 0.940. The van der Waals surface area contributed by atoms with Crippen molar-refractivity contribution in [3.63, 3.8) is 0 Å². The fraction of sp³-hybridized carbons (Fsp3) is 0. The molecule has 0 aliphatic heterocycles. The van der Waals surface area contributed by atoms with Crippen molar-refractivity contribution in [2.45, 2.75) is 0 Å². The van der Waals surface area contributed by atoms with E-state index in [-0.39, 0.29) is 0 Å². The monoisotopic (exact) mass is 215 g/mol. The van der Waals surface area contributed by atoms with Crippen molar-refractivity contribution >= 4 is 56.6 Å². The van der Waals surface area contributed by atoms with E-state index >= 15 is 0 Å². The summed E-state index contributed by atoms with van der Waals surface area (Å²) in [5, 5.41) is 0. The van der Waals surface area contributed by atoms with Crippen LogP contribution in [0.25, 0.3) is 0 Å². The van der Waals surface area contributed by atoms with Gasteiger partial charge in [0, 0.05) is 2.77 Å². The average molecular weight is 215 g/mol. The van der Waals surface area contributed by atoms with Gasteiger partial charge in [-0.2, -0.15) is 0 Å². The summed E-state index contributed by atoms with van der Waals surface area (Å²) < 4.78 is 0.797. The Balaban J connectivity index is 2.85. The summed E-state index contributed by atoms with van der Waals surface area (Å²) >= 11 is 10.3. The van der Waals surface area contributed by atoms with Crippen molar-refractivity contribution < 1.29 is 0 Å². The lowest BCUT2D eigenvalue weighted by atomic mass is 10.2. The molecule has 0 aliphatic rings. The summed E-state index contributed by atoms with van der Waals surface area (Å²) in [6, 6.07) is 0. The van der Waals surface area contributed by atoms with Gasteiger partial charge < -0.3 is 0 Å². The van der Waals surface area contributed by atoms with Gasteiger partial charge in [0.2, 0.25) is 6.56 Å². The van der Waals surface area contributed by atoms with Crippen molar-refractivity contribution in [3.8, 4) is 0 Å². The molecule has 0 nitrogen and oxygen atoms in total. The van der Waals surface area contributed by atoms with E-state index in [0.717, 1.165) is 2.77 Å². The molecule has 0 aromatic rings. The largest absolute Gasteiger partial charge is 0.248 e. The zero-order valence-corrected chi connectivity index (χ0v) is 6.18. The van der Waals surface area contributed by atoms with Gasteiger partial charge in [-0.25, -0.2) is 12.5 Å². The Kier molecular flexibility index (Phi) is 4.27. The summed E-state index contributed by atoms with van der Waals surface area (Å²) in [5.41, 5.74) is 0. The van der Waals surface area contributed by atoms with Gasteiger partial charge in [-0.3, -0.25) is 0 Å². The summed E-state index contributed by atoms with van der Waals surface area (Å²) in [6.45, 7) is 1.58. The van der Waals surface area contributed by atoms with Crippen molar-refractivity contribution in [1.29, 1.82) is 0 Å². The molecule has 0 saturated carbocycles. The summed E-state index contributed by atoms with van der Waals surface area (Å²) in [7, 11) is 0. The van der Waals surface area contributed by atoms with Crippen molar-refractivity contribution in [2.24, 2.45) is 0 Å². The molecule has 0 fully saturated rings. The first-order valence-corrected chi connectivity index (χ1v) is 2.94. The molecule has 0 saturated heterocycles. The molecule has 0 atom stereocenters. The second kappa shape index (κ2) is 3.43. The minimum Gasteiger partial charge on any atom is -0.226 e. The van der Waals surface area contributed by atoms with Crippen LogP contribution >= 0.6 is 47.3 Å². The highest BCUT2D eigenvalue weighted by Crippen LogP contribution is 1.86. The van der Waals surface area contributed by atoms with Crippen molar-refractivity contribution in [3.05, 3.63) is 0 Å². The Labute approximate surface area is 56.4 Å². The maximum Gasteiger partial charge on any atom is 0.248 e. The maximum atomic E-state index is 4.55. The zero-order chi connectivity index (χ0) is 4.28. The third-order valence-corrected chi connectivity index (χ3v) is 1.46. The molecule has 0 aromatic heterocycles. The van der Waals surface area contributed by atoms with Crippen LogP contribution < -0.4 is 0 Å². The number of halogens is 1. The molecule has 5 heavy (non-hydrogen) atoms. The van der Waals surface area contributed by atoms with Crippen LogP contribution in [-0.2, 0) is 0 Å². The standard InChI is InChI=1S/CHBIS2/c3-1(4)2-5/h5H. The fourth-order valence-corrected chi connectivity index (χ4v) is 0. The van der Waals surface area contributed by atoms with Crippen LogP contribution in [0.15, 0.2) is 0 Å². The van der Waals surface area contributed by atoms with Gasteiger partial charge in [0.25, 0.3) is 0 Å². The molecule has 0 unspecified atom stereocenters. The van der Waals surface area contributed by atoms with Crippen molar-refractivity contribution in [1.82, 2.24) is 0 Å². The van der Waals surface area contributed by atoms with Crippen LogP contribution in [0.4, 0.5) is 0 Å². The van der Waals surface area contributed by atoms with Gasteiger partial charge in [-0.05, 0) is 22.6 Å². The average Bonchev–Trinajstić information content (AvgIpc) is 1.38. The molecule has 0 rings (SSSR count).